The molecule has 0 aromatic rings. The Bertz CT molecular complexity index is 329. The van der Waals surface area contributed by atoms with Crippen LogP contribution in [0.1, 0.15) is 33.6 Å². The summed E-state index contributed by atoms with van der Waals surface area (Å²) in [7, 11) is 0. The summed E-state index contributed by atoms with van der Waals surface area (Å²) in [6.45, 7) is 11.1. The average molecular weight is 280 g/mol. The number of nitrogens with one attached hydrogen (secondary N) is 1. The summed E-state index contributed by atoms with van der Waals surface area (Å²) in [6, 6.07) is 2.37. The van der Waals surface area contributed by atoms with Crippen LogP contribution in [0, 0.1) is 17.2 Å². The molecule has 1 unspecified atom stereocenters. The summed E-state index contributed by atoms with van der Waals surface area (Å²) in [5.41, 5.74) is 0. The van der Waals surface area contributed by atoms with Crippen LogP contribution in [-0.2, 0) is 4.79 Å². The molecule has 0 radical (unpaired) electrons. The summed E-state index contributed by atoms with van der Waals surface area (Å²) in [4.78, 5) is 16.2. The van der Waals surface area contributed by atoms with Crippen LogP contribution in [0.4, 0.5) is 0 Å². The van der Waals surface area contributed by atoms with Crippen LogP contribution in [-0.4, -0.2) is 61.0 Å². The molecule has 0 saturated carbocycles. The minimum absolute atomic E-state index is 0.0250. The van der Waals surface area contributed by atoms with Gasteiger partial charge in [-0.1, -0.05) is 20.8 Å². The van der Waals surface area contributed by atoms with Crippen molar-refractivity contribution < 1.29 is 4.79 Å². The highest BCUT2D eigenvalue weighted by molar-refractivity contribution is 5.77. The molecule has 1 rings (SSSR count). The zero-order chi connectivity index (χ0) is 15.0. The van der Waals surface area contributed by atoms with Crippen molar-refractivity contribution in [1.29, 1.82) is 5.26 Å². The molecule has 1 amide bonds. The third-order valence-electron chi connectivity index (χ3n) is 3.79. The Labute approximate surface area is 122 Å². The van der Waals surface area contributed by atoms with Crippen molar-refractivity contribution in [3.05, 3.63) is 0 Å². The quantitative estimate of drug-likeness (QED) is 0.758. The molecule has 5 heteroatoms. The van der Waals surface area contributed by atoms with E-state index in [0.29, 0.717) is 12.5 Å². The van der Waals surface area contributed by atoms with Crippen molar-refractivity contribution in [3.8, 4) is 6.07 Å². The number of rotatable bonds is 7. The smallest absolute Gasteiger partial charge is 0.234 e. The zero-order valence-electron chi connectivity index (χ0n) is 13.1. The highest BCUT2D eigenvalue weighted by atomic mass is 16.2. The molecule has 0 aromatic heterocycles. The fraction of sp³-hybridized carbons (Fsp3) is 0.867. The van der Waals surface area contributed by atoms with Gasteiger partial charge in [-0.2, -0.15) is 5.26 Å². The average Bonchev–Trinajstić information content (AvgIpc) is 2.41. The summed E-state index contributed by atoms with van der Waals surface area (Å²) in [6.07, 6.45) is 1.89. The maximum absolute atomic E-state index is 11.8. The van der Waals surface area contributed by atoms with Crippen LogP contribution in [0.3, 0.4) is 0 Å². The summed E-state index contributed by atoms with van der Waals surface area (Å²) in [5.74, 6) is 0.738. The van der Waals surface area contributed by atoms with Crippen LogP contribution >= 0.6 is 0 Å². The van der Waals surface area contributed by atoms with Crippen molar-refractivity contribution in [1.82, 2.24) is 15.1 Å². The maximum atomic E-state index is 11.8. The number of amides is 1. The van der Waals surface area contributed by atoms with E-state index in [1.54, 1.807) is 0 Å². The van der Waals surface area contributed by atoms with Gasteiger partial charge < -0.3 is 5.32 Å². The molecule has 0 aliphatic carbocycles. The molecule has 0 aromatic carbocycles. The molecule has 20 heavy (non-hydrogen) atoms. The van der Waals surface area contributed by atoms with E-state index in [1.807, 2.05) is 6.92 Å². The number of nitrogens with zero attached hydrogens (tertiary/aromatic N) is 3. The Kier molecular flexibility index (Phi) is 7.56. The predicted octanol–water partition coefficient (Wildman–Crippen LogP) is 1.07. The van der Waals surface area contributed by atoms with Crippen molar-refractivity contribution >= 4 is 5.91 Å². The second kappa shape index (κ2) is 8.93. The topological polar surface area (TPSA) is 59.4 Å². The highest BCUT2D eigenvalue weighted by Crippen LogP contribution is 2.08. The van der Waals surface area contributed by atoms with E-state index in [9.17, 15) is 4.79 Å². The first-order chi connectivity index (χ1) is 9.56. The Hall–Kier alpha value is -1.12. The van der Waals surface area contributed by atoms with Gasteiger partial charge in [0.25, 0.3) is 0 Å². The van der Waals surface area contributed by atoms with Crippen LogP contribution in [0.25, 0.3) is 0 Å². The predicted molar refractivity (Wildman–Crippen MR) is 80.2 cm³/mol. The lowest BCUT2D eigenvalue weighted by atomic mass is 10.1. The fourth-order valence-electron chi connectivity index (χ4n) is 2.42. The Morgan fingerprint density at radius 2 is 1.95 bits per heavy atom. The number of piperazine rings is 1. The van der Waals surface area contributed by atoms with Gasteiger partial charge in [0.1, 0.15) is 0 Å². The van der Waals surface area contributed by atoms with Crippen LogP contribution in [0.2, 0.25) is 0 Å². The second-order valence-corrected chi connectivity index (χ2v) is 5.90. The number of hydrogen-bond acceptors (Lipinski definition) is 4. The molecule has 114 valence electrons. The zero-order valence-corrected chi connectivity index (χ0v) is 13.1. The molecule has 1 atom stereocenters. The highest BCUT2D eigenvalue weighted by Gasteiger charge is 2.23. The van der Waals surface area contributed by atoms with Gasteiger partial charge in [0, 0.05) is 32.7 Å². The van der Waals surface area contributed by atoms with Gasteiger partial charge in [-0.25, -0.2) is 0 Å². The fourth-order valence-corrected chi connectivity index (χ4v) is 2.42. The lowest BCUT2D eigenvalue weighted by Gasteiger charge is -2.36. The molecule has 1 saturated heterocycles. The van der Waals surface area contributed by atoms with E-state index in [4.69, 9.17) is 5.26 Å². The lowest BCUT2D eigenvalue weighted by Crippen LogP contribution is -2.52. The number of nitriles is 1. The number of hydrogen-bond donors (Lipinski definition) is 1. The molecule has 5 nitrogen and oxygen atoms in total. The van der Waals surface area contributed by atoms with Gasteiger partial charge in [0.05, 0.1) is 18.7 Å². The van der Waals surface area contributed by atoms with Gasteiger partial charge >= 0.3 is 0 Å². The SMILES string of the molecule is CCC(C#N)N1CCN(CC(=O)NCCC(C)C)CC1. The van der Waals surface area contributed by atoms with Gasteiger partial charge in [0.15, 0.2) is 0 Å². The molecule has 0 bridgehead atoms. The molecule has 1 N–H and O–H groups in total. The largest absolute Gasteiger partial charge is 0.355 e. The standard InChI is InChI=1S/C15H28N4O/c1-4-14(11-16)19-9-7-18(8-10-19)12-15(20)17-6-5-13(2)3/h13-14H,4-10,12H2,1-3H3,(H,17,20). The molecule has 1 heterocycles. The van der Waals surface area contributed by atoms with E-state index in [-0.39, 0.29) is 11.9 Å². The van der Waals surface area contributed by atoms with Gasteiger partial charge in [0.2, 0.25) is 5.91 Å². The summed E-state index contributed by atoms with van der Waals surface area (Å²) < 4.78 is 0. The minimum atomic E-state index is 0.0250. The lowest BCUT2D eigenvalue weighted by molar-refractivity contribution is -0.122. The second-order valence-electron chi connectivity index (χ2n) is 5.90. The molecular formula is C15H28N4O. The molecule has 1 aliphatic rings. The van der Waals surface area contributed by atoms with Crippen molar-refractivity contribution in [2.75, 3.05) is 39.3 Å². The number of carbonyl (C=O) groups is 1. The summed E-state index contributed by atoms with van der Waals surface area (Å²) in [5, 5.41) is 12.0. The normalized spacial score (nSPS) is 18.8. The first-order valence-corrected chi connectivity index (χ1v) is 7.69. The number of carbonyl (C=O) groups excluding carboxylic acids is 1. The third kappa shape index (κ3) is 5.89. The Balaban J connectivity index is 2.22. The van der Waals surface area contributed by atoms with Crippen LogP contribution < -0.4 is 5.32 Å². The third-order valence-corrected chi connectivity index (χ3v) is 3.79. The molecule has 1 aliphatic heterocycles. The van der Waals surface area contributed by atoms with E-state index in [0.717, 1.165) is 45.6 Å². The first-order valence-electron chi connectivity index (χ1n) is 7.69. The first kappa shape index (κ1) is 16.9. The van der Waals surface area contributed by atoms with Crippen LogP contribution in [0.15, 0.2) is 0 Å². The molecule has 0 spiro atoms. The van der Waals surface area contributed by atoms with Crippen molar-refractivity contribution in [3.63, 3.8) is 0 Å². The minimum Gasteiger partial charge on any atom is -0.355 e. The van der Waals surface area contributed by atoms with Crippen LogP contribution in [0.5, 0.6) is 0 Å². The van der Waals surface area contributed by atoms with Gasteiger partial charge in [-0.15, -0.1) is 0 Å². The van der Waals surface area contributed by atoms with E-state index >= 15 is 0 Å². The van der Waals surface area contributed by atoms with E-state index in [1.165, 1.54) is 0 Å². The Morgan fingerprint density at radius 1 is 1.30 bits per heavy atom. The summed E-state index contributed by atoms with van der Waals surface area (Å²) >= 11 is 0. The molecule has 1 fully saturated rings. The van der Waals surface area contributed by atoms with Crippen molar-refractivity contribution in [2.24, 2.45) is 5.92 Å². The van der Waals surface area contributed by atoms with Crippen molar-refractivity contribution in [2.45, 2.75) is 39.7 Å². The Morgan fingerprint density at radius 3 is 2.45 bits per heavy atom. The van der Waals surface area contributed by atoms with Gasteiger partial charge in [-0.3, -0.25) is 14.6 Å². The van der Waals surface area contributed by atoms with Gasteiger partial charge in [-0.05, 0) is 18.8 Å². The maximum Gasteiger partial charge on any atom is 0.234 e. The molecular weight excluding hydrogens is 252 g/mol. The van der Waals surface area contributed by atoms with E-state index < -0.39 is 0 Å². The van der Waals surface area contributed by atoms with E-state index in [2.05, 4.69) is 35.0 Å². The monoisotopic (exact) mass is 280 g/mol.